The van der Waals surface area contributed by atoms with Crippen LogP contribution in [0.25, 0.3) is 55.3 Å². The molecule has 1 aromatic heterocycles. The van der Waals surface area contributed by atoms with E-state index >= 15 is 0 Å². The van der Waals surface area contributed by atoms with Crippen LogP contribution >= 0.6 is 0 Å². The average molecular weight is 709 g/mol. The number of fused-ring (bicyclic) bond motifs is 6. The Morgan fingerprint density at radius 1 is 0.527 bits per heavy atom. The van der Waals surface area contributed by atoms with Crippen LogP contribution in [0.15, 0.2) is 188 Å². The number of hydrogen-bond donors (Lipinski definition) is 0. The van der Waals surface area contributed by atoms with Crippen LogP contribution in [0.3, 0.4) is 0 Å². The van der Waals surface area contributed by atoms with Gasteiger partial charge in [-0.05, 0) is 125 Å². The first-order chi connectivity index (χ1) is 27.2. The van der Waals surface area contributed by atoms with Crippen molar-refractivity contribution in [2.24, 2.45) is 0 Å². The summed E-state index contributed by atoms with van der Waals surface area (Å²) < 4.78 is 2.42. The van der Waals surface area contributed by atoms with E-state index in [0.717, 1.165) is 37.1 Å². The summed E-state index contributed by atoms with van der Waals surface area (Å²) in [6, 6.07) is 62.8. The molecule has 0 spiro atoms. The van der Waals surface area contributed by atoms with E-state index in [1.54, 1.807) is 0 Å². The van der Waals surface area contributed by atoms with Gasteiger partial charge in [0, 0.05) is 38.9 Å². The minimum Gasteiger partial charge on any atom is -0.314 e. The van der Waals surface area contributed by atoms with Crippen molar-refractivity contribution in [3.8, 4) is 27.9 Å². The topological polar surface area (TPSA) is 8.17 Å². The van der Waals surface area contributed by atoms with Gasteiger partial charge in [-0.2, -0.15) is 0 Å². The van der Waals surface area contributed by atoms with E-state index in [2.05, 4.69) is 205 Å². The van der Waals surface area contributed by atoms with Gasteiger partial charge in [0.05, 0.1) is 11.0 Å². The van der Waals surface area contributed by atoms with Gasteiger partial charge >= 0.3 is 0 Å². The fourth-order valence-electron chi connectivity index (χ4n) is 9.58. The summed E-state index contributed by atoms with van der Waals surface area (Å²) in [7, 11) is 0. The third-order valence-corrected chi connectivity index (χ3v) is 12.3. The number of rotatable bonds is 8. The van der Waals surface area contributed by atoms with Crippen molar-refractivity contribution in [1.29, 1.82) is 0 Å². The van der Waals surface area contributed by atoms with Crippen molar-refractivity contribution in [2.45, 2.75) is 44.9 Å². The standard InChI is InChI=1S/C53H44N2/c1-3-53(4-2)49-24-13-11-22-45(49)46-32-28-40(35-50(46)53)38-26-29-42(30-27-38)54(43-21-15-18-39(34-43)37-16-7-5-8-17-37)44-31-33-48-47-23-12-14-25-51(47)55(52(48)36-44)41-19-9-6-10-20-41/h5-14,16-20,22-36H,3-4,15,21H2,1-2H3. The zero-order valence-corrected chi connectivity index (χ0v) is 31.5. The summed E-state index contributed by atoms with van der Waals surface area (Å²) in [6.45, 7) is 4.70. The Balaban J connectivity index is 1.11. The maximum atomic E-state index is 2.49. The lowest BCUT2D eigenvalue weighted by atomic mass is 9.73. The largest absolute Gasteiger partial charge is 0.314 e. The number of hydrogen-bond acceptors (Lipinski definition) is 1. The fourth-order valence-corrected chi connectivity index (χ4v) is 9.58. The molecule has 0 N–H and O–H groups in total. The van der Waals surface area contributed by atoms with Crippen LogP contribution in [0.1, 0.15) is 56.2 Å². The van der Waals surface area contributed by atoms with E-state index < -0.39 is 0 Å². The number of anilines is 2. The highest BCUT2D eigenvalue weighted by Crippen LogP contribution is 2.53. The van der Waals surface area contributed by atoms with Crippen LogP contribution < -0.4 is 4.90 Å². The number of nitrogens with zero attached hydrogens (tertiary/aromatic N) is 2. The van der Waals surface area contributed by atoms with Gasteiger partial charge in [0.1, 0.15) is 0 Å². The molecule has 55 heavy (non-hydrogen) atoms. The summed E-state index contributed by atoms with van der Waals surface area (Å²) in [6.07, 6.45) is 8.91. The van der Waals surface area contributed by atoms with Gasteiger partial charge in [0.25, 0.3) is 0 Å². The first-order valence-corrected chi connectivity index (χ1v) is 19.9. The zero-order chi connectivity index (χ0) is 36.9. The summed E-state index contributed by atoms with van der Waals surface area (Å²) in [5, 5.41) is 2.53. The molecule has 2 aliphatic rings. The van der Waals surface area contributed by atoms with Gasteiger partial charge in [-0.1, -0.05) is 141 Å². The maximum Gasteiger partial charge on any atom is 0.0561 e. The molecule has 0 saturated heterocycles. The zero-order valence-electron chi connectivity index (χ0n) is 31.5. The van der Waals surface area contributed by atoms with Crippen LogP contribution in [0.4, 0.5) is 11.4 Å². The van der Waals surface area contributed by atoms with Crippen LogP contribution in [0.5, 0.6) is 0 Å². The molecule has 1 heterocycles. The second-order valence-electron chi connectivity index (χ2n) is 15.1. The first kappa shape index (κ1) is 33.2. The van der Waals surface area contributed by atoms with Crippen molar-refractivity contribution < 1.29 is 0 Å². The molecule has 0 amide bonds. The molecule has 7 aromatic carbocycles. The van der Waals surface area contributed by atoms with E-state index in [-0.39, 0.29) is 5.41 Å². The molecule has 8 aromatic rings. The summed E-state index contributed by atoms with van der Waals surface area (Å²) in [4.78, 5) is 2.49. The van der Waals surface area contributed by atoms with Gasteiger partial charge < -0.3 is 9.47 Å². The summed E-state index contributed by atoms with van der Waals surface area (Å²) in [5.41, 5.74) is 18.0. The minimum absolute atomic E-state index is 0.0526. The van der Waals surface area contributed by atoms with Gasteiger partial charge in [-0.25, -0.2) is 0 Å². The Hall–Kier alpha value is -6.38. The van der Waals surface area contributed by atoms with E-state index in [1.165, 1.54) is 77.7 Å². The van der Waals surface area contributed by atoms with E-state index in [9.17, 15) is 0 Å². The predicted octanol–water partition coefficient (Wildman–Crippen LogP) is 14.4. The van der Waals surface area contributed by atoms with Crippen molar-refractivity contribution in [3.05, 3.63) is 204 Å². The number of para-hydroxylation sites is 2. The monoisotopic (exact) mass is 708 g/mol. The molecular weight excluding hydrogens is 665 g/mol. The lowest BCUT2D eigenvalue weighted by Gasteiger charge is -2.30. The maximum absolute atomic E-state index is 2.49. The molecule has 266 valence electrons. The fraction of sp³-hybridized carbons (Fsp3) is 0.132. The first-order valence-electron chi connectivity index (χ1n) is 19.9. The SMILES string of the molecule is CCC1(CC)c2ccccc2-c2ccc(-c3ccc(N(C4=CC(c5ccccc5)=CCC4)c4ccc5c6ccccc6n(-c6ccccc6)c5c4)cc3)cc21. The Morgan fingerprint density at radius 3 is 1.98 bits per heavy atom. The molecule has 10 rings (SSSR count). The Labute approximate surface area is 324 Å². The molecule has 0 atom stereocenters. The van der Waals surface area contributed by atoms with E-state index in [0.29, 0.717) is 0 Å². The van der Waals surface area contributed by atoms with Gasteiger partial charge in [-0.3, -0.25) is 0 Å². The summed E-state index contributed by atoms with van der Waals surface area (Å²) in [5.74, 6) is 0. The lowest BCUT2D eigenvalue weighted by Crippen LogP contribution is -2.23. The summed E-state index contributed by atoms with van der Waals surface area (Å²) >= 11 is 0. The normalized spacial score (nSPS) is 14.4. The Kier molecular flexibility index (Phi) is 8.14. The predicted molar refractivity (Wildman–Crippen MR) is 233 cm³/mol. The van der Waals surface area contributed by atoms with Gasteiger partial charge in [-0.15, -0.1) is 0 Å². The molecule has 0 radical (unpaired) electrons. The minimum atomic E-state index is 0.0526. The molecule has 0 saturated carbocycles. The lowest BCUT2D eigenvalue weighted by molar-refractivity contribution is 0.490. The third kappa shape index (κ3) is 5.39. The molecule has 0 aliphatic heterocycles. The molecular formula is C53H44N2. The highest BCUT2D eigenvalue weighted by Gasteiger charge is 2.40. The van der Waals surface area contributed by atoms with Crippen molar-refractivity contribution >= 4 is 38.8 Å². The number of benzene rings is 7. The number of aromatic nitrogens is 1. The highest BCUT2D eigenvalue weighted by atomic mass is 15.2. The Bertz CT molecular complexity index is 2760. The molecule has 0 unspecified atom stereocenters. The van der Waals surface area contributed by atoms with Gasteiger partial charge in [0.2, 0.25) is 0 Å². The second kappa shape index (κ2) is 13.5. The smallest absolute Gasteiger partial charge is 0.0561 e. The van der Waals surface area contributed by atoms with Crippen LogP contribution in [0, 0.1) is 0 Å². The van der Waals surface area contributed by atoms with Gasteiger partial charge in [0.15, 0.2) is 0 Å². The molecule has 0 fully saturated rings. The molecule has 2 heteroatoms. The van der Waals surface area contributed by atoms with E-state index in [4.69, 9.17) is 0 Å². The van der Waals surface area contributed by atoms with Crippen LogP contribution in [-0.2, 0) is 5.41 Å². The van der Waals surface area contributed by atoms with Crippen molar-refractivity contribution in [1.82, 2.24) is 4.57 Å². The quantitative estimate of drug-likeness (QED) is 0.153. The molecule has 0 bridgehead atoms. The number of allylic oxidation sites excluding steroid dienone is 4. The second-order valence-corrected chi connectivity index (χ2v) is 15.1. The van der Waals surface area contributed by atoms with Crippen molar-refractivity contribution in [2.75, 3.05) is 4.90 Å². The van der Waals surface area contributed by atoms with Crippen LogP contribution in [0.2, 0.25) is 0 Å². The molecule has 2 aliphatic carbocycles. The Morgan fingerprint density at radius 2 is 1.18 bits per heavy atom. The van der Waals surface area contributed by atoms with E-state index in [1.807, 2.05) is 0 Å². The average Bonchev–Trinajstić information content (AvgIpc) is 3.74. The van der Waals surface area contributed by atoms with Crippen LogP contribution in [-0.4, -0.2) is 4.57 Å². The highest BCUT2D eigenvalue weighted by molar-refractivity contribution is 6.10. The molecule has 2 nitrogen and oxygen atoms in total. The van der Waals surface area contributed by atoms with Crippen molar-refractivity contribution in [3.63, 3.8) is 0 Å². The third-order valence-electron chi connectivity index (χ3n) is 12.3.